The number of benzene rings is 1. The third-order valence-electron chi connectivity index (χ3n) is 3.50. The Balaban J connectivity index is 0.00000576. The molecule has 0 aliphatic heterocycles. The highest BCUT2D eigenvalue weighted by Gasteiger charge is 2.05. The molecule has 0 aliphatic rings. The average molecular weight is 482 g/mol. The van der Waals surface area contributed by atoms with Crippen molar-refractivity contribution in [2.75, 3.05) is 49.6 Å². The predicted molar refractivity (Wildman–Crippen MR) is 118 cm³/mol. The molecule has 1 aromatic rings. The molecular weight excluding hydrogens is 451 g/mol. The van der Waals surface area contributed by atoms with Crippen LogP contribution in [0.1, 0.15) is 19.4 Å². The molecule has 0 spiro atoms. The predicted octanol–water partition coefficient (Wildman–Crippen LogP) is 2.04. The summed E-state index contributed by atoms with van der Waals surface area (Å²) >= 11 is 0. The minimum Gasteiger partial charge on any atom is -0.370 e. The zero-order valence-electron chi connectivity index (χ0n) is 15.6. The van der Waals surface area contributed by atoms with Crippen molar-refractivity contribution >= 4 is 45.5 Å². The van der Waals surface area contributed by atoms with Crippen molar-refractivity contribution in [3.63, 3.8) is 0 Å². The number of nitrogens with one attached hydrogen (secondary N) is 2. The topological polar surface area (TPSA) is 73.8 Å². The van der Waals surface area contributed by atoms with Gasteiger partial charge < -0.3 is 15.5 Å². The summed E-state index contributed by atoms with van der Waals surface area (Å²) in [4.78, 5) is 6.60. The molecule has 0 unspecified atom stereocenters. The molecule has 144 valence electrons. The molecule has 25 heavy (non-hydrogen) atoms. The summed E-state index contributed by atoms with van der Waals surface area (Å²) < 4.78 is 22.4. The van der Waals surface area contributed by atoms with Gasteiger partial charge in [-0.25, -0.2) is 8.42 Å². The Hall–Kier alpha value is -1.03. The number of aryl methyl sites for hydroxylation is 1. The summed E-state index contributed by atoms with van der Waals surface area (Å²) in [5, 5.41) is 6.39. The maximum Gasteiger partial charge on any atom is 0.191 e. The summed E-state index contributed by atoms with van der Waals surface area (Å²) in [6.45, 7) is 9.71. The van der Waals surface area contributed by atoms with E-state index >= 15 is 0 Å². The van der Waals surface area contributed by atoms with Gasteiger partial charge in [0, 0.05) is 38.1 Å². The first-order valence-electron chi connectivity index (χ1n) is 8.37. The molecule has 0 saturated heterocycles. The van der Waals surface area contributed by atoms with Crippen LogP contribution in [0.5, 0.6) is 0 Å². The Morgan fingerprint density at radius 1 is 1.24 bits per heavy atom. The lowest BCUT2D eigenvalue weighted by Crippen LogP contribution is -2.42. The molecule has 0 amide bonds. The number of aliphatic imine (C=N–C) groups is 1. The van der Waals surface area contributed by atoms with E-state index in [1.165, 1.54) is 17.5 Å². The first kappa shape index (κ1) is 24.0. The summed E-state index contributed by atoms with van der Waals surface area (Å²) in [6, 6.07) is 8.45. The highest BCUT2D eigenvalue weighted by molar-refractivity contribution is 14.0. The fourth-order valence-electron chi connectivity index (χ4n) is 2.27. The van der Waals surface area contributed by atoms with Crippen LogP contribution in [0.2, 0.25) is 0 Å². The minimum atomic E-state index is -2.98. The van der Waals surface area contributed by atoms with E-state index in [1.54, 1.807) is 0 Å². The quantitative estimate of drug-likeness (QED) is 0.320. The van der Waals surface area contributed by atoms with E-state index in [4.69, 9.17) is 0 Å². The highest BCUT2D eigenvalue weighted by atomic mass is 127. The van der Waals surface area contributed by atoms with Gasteiger partial charge in [-0.3, -0.25) is 4.99 Å². The smallest absolute Gasteiger partial charge is 0.191 e. The molecule has 0 bridgehead atoms. The third-order valence-corrected chi connectivity index (χ3v) is 4.42. The third kappa shape index (κ3) is 10.5. The molecule has 6 nitrogen and oxygen atoms in total. The second kappa shape index (κ2) is 12.3. The summed E-state index contributed by atoms with van der Waals surface area (Å²) in [5.74, 6) is 0.718. The normalized spacial score (nSPS) is 11.6. The van der Waals surface area contributed by atoms with Gasteiger partial charge >= 0.3 is 0 Å². The van der Waals surface area contributed by atoms with Crippen LogP contribution >= 0.6 is 24.0 Å². The maximum atomic E-state index is 11.2. The summed E-state index contributed by atoms with van der Waals surface area (Å²) in [5.41, 5.74) is 2.45. The zero-order chi connectivity index (χ0) is 18.0. The molecule has 2 N–H and O–H groups in total. The van der Waals surface area contributed by atoms with Crippen molar-refractivity contribution in [1.82, 2.24) is 10.6 Å². The van der Waals surface area contributed by atoms with Crippen molar-refractivity contribution in [1.29, 1.82) is 0 Å². The number of halogens is 1. The molecule has 0 aromatic heterocycles. The lowest BCUT2D eigenvalue weighted by atomic mass is 10.2. The van der Waals surface area contributed by atoms with Gasteiger partial charge in [-0.1, -0.05) is 12.1 Å². The molecule has 1 aromatic carbocycles. The van der Waals surface area contributed by atoms with Gasteiger partial charge in [0.2, 0.25) is 0 Å². The van der Waals surface area contributed by atoms with Crippen LogP contribution in [-0.2, 0) is 9.84 Å². The molecule has 0 radical (unpaired) electrons. The van der Waals surface area contributed by atoms with Gasteiger partial charge in [0.1, 0.15) is 9.84 Å². The number of guanidine groups is 1. The lowest BCUT2D eigenvalue weighted by molar-refractivity contribution is 0.601. The van der Waals surface area contributed by atoms with Crippen LogP contribution in [0.3, 0.4) is 0 Å². The second-order valence-electron chi connectivity index (χ2n) is 5.74. The van der Waals surface area contributed by atoms with Gasteiger partial charge in [0.15, 0.2) is 5.96 Å². The van der Waals surface area contributed by atoms with E-state index in [2.05, 4.69) is 58.6 Å². The zero-order valence-corrected chi connectivity index (χ0v) is 18.7. The Morgan fingerprint density at radius 2 is 1.96 bits per heavy atom. The van der Waals surface area contributed by atoms with Gasteiger partial charge in [-0.05, 0) is 38.5 Å². The fourth-order valence-corrected chi connectivity index (χ4v) is 2.69. The van der Waals surface area contributed by atoms with Gasteiger partial charge in [0.05, 0.1) is 12.3 Å². The Labute approximate surface area is 169 Å². The number of sulfone groups is 1. The van der Waals surface area contributed by atoms with E-state index in [9.17, 15) is 8.42 Å². The Bertz CT molecular complexity index is 635. The minimum absolute atomic E-state index is 0. The monoisotopic (exact) mass is 482 g/mol. The molecule has 0 saturated carbocycles. The van der Waals surface area contributed by atoms with E-state index in [0.29, 0.717) is 5.96 Å². The summed E-state index contributed by atoms with van der Waals surface area (Å²) in [7, 11) is -2.98. The maximum absolute atomic E-state index is 11.2. The SMILES string of the molecule is CCNC(=NCCS(C)(=O)=O)NCCN(CC)c1cccc(C)c1.I. The Kier molecular flexibility index (Phi) is 11.8. The van der Waals surface area contributed by atoms with Crippen molar-refractivity contribution in [3.05, 3.63) is 29.8 Å². The number of anilines is 1. The van der Waals surface area contributed by atoms with Crippen LogP contribution in [0.4, 0.5) is 5.69 Å². The average Bonchev–Trinajstić information content (AvgIpc) is 2.50. The number of rotatable bonds is 9. The van der Waals surface area contributed by atoms with Gasteiger partial charge in [-0.2, -0.15) is 0 Å². The van der Waals surface area contributed by atoms with Crippen molar-refractivity contribution in [2.45, 2.75) is 20.8 Å². The number of hydrogen-bond acceptors (Lipinski definition) is 4. The van der Waals surface area contributed by atoms with E-state index in [0.717, 1.165) is 26.2 Å². The number of hydrogen-bond donors (Lipinski definition) is 2. The van der Waals surface area contributed by atoms with Crippen LogP contribution < -0.4 is 15.5 Å². The molecule has 0 fully saturated rings. The van der Waals surface area contributed by atoms with Crippen molar-refractivity contribution in [3.8, 4) is 0 Å². The van der Waals surface area contributed by atoms with Crippen LogP contribution in [0.15, 0.2) is 29.3 Å². The fraction of sp³-hybridized carbons (Fsp3) is 0.588. The molecule has 0 atom stereocenters. The first-order valence-corrected chi connectivity index (χ1v) is 10.4. The number of likely N-dealkylation sites (N-methyl/N-ethyl adjacent to an activating group) is 1. The Morgan fingerprint density at radius 3 is 2.52 bits per heavy atom. The van der Waals surface area contributed by atoms with Crippen LogP contribution in [-0.4, -0.2) is 59.1 Å². The molecule has 8 heteroatoms. The van der Waals surface area contributed by atoms with E-state index in [1.807, 2.05) is 6.92 Å². The lowest BCUT2D eigenvalue weighted by Gasteiger charge is -2.24. The van der Waals surface area contributed by atoms with Gasteiger partial charge in [0.25, 0.3) is 0 Å². The second-order valence-corrected chi connectivity index (χ2v) is 8.00. The standard InChI is InChI=1S/C17H30N4O2S.HI/c1-5-18-17(20-11-13-24(4,22)23)19-10-12-21(6-2)16-9-7-8-15(3)14-16;/h7-9,14H,5-6,10-13H2,1-4H3,(H2,18,19,20);1H. The van der Waals surface area contributed by atoms with Crippen LogP contribution in [0.25, 0.3) is 0 Å². The van der Waals surface area contributed by atoms with Crippen molar-refractivity contribution in [2.24, 2.45) is 4.99 Å². The highest BCUT2D eigenvalue weighted by Crippen LogP contribution is 2.14. The number of nitrogens with zero attached hydrogens (tertiary/aromatic N) is 2. The van der Waals surface area contributed by atoms with E-state index < -0.39 is 9.84 Å². The van der Waals surface area contributed by atoms with Crippen molar-refractivity contribution < 1.29 is 8.42 Å². The van der Waals surface area contributed by atoms with Gasteiger partial charge in [-0.15, -0.1) is 24.0 Å². The molecular formula is C17H31IN4O2S. The first-order chi connectivity index (χ1) is 11.4. The van der Waals surface area contributed by atoms with E-state index in [-0.39, 0.29) is 36.3 Å². The largest absolute Gasteiger partial charge is 0.370 e. The van der Waals surface area contributed by atoms with Crippen LogP contribution in [0, 0.1) is 6.92 Å². The molecule has 0 heterocycles. The molecule has 0 aliphatic carbocycles. The molecule has 1 rings (SSSR count). The summed E-state index contributed by atoms with van der Waals surface area (Å²) in [6.07, 6.45) is 1.23.